The maximum absolute atomic E-state index is 4.37. The van der Waals surface area contributed by atoms with Crippen molar-refractivity contribution in [1.82, 2.24) is 4.98 Å². The Kier molecular flexibility index (Phi) is 5.92. The van der Waals surface area contributed by atoms with E-state index in [-0.39, 0.29) is 17.1 Å². The molecule has 3 rings (SSSR count). The summed E-state index contributed by atoms with van der Waals surface area (Å²) in [6.07, 6.45) is 0. The van der Waals surface area contributed by atoms with Crippen molar-refractivity contribution in [3.63, 3.8) is 0 Å². The molecule has 0 saturated heterocycles. The molecule has 0 saturated carbocycles. The van der Waals surface area contributed by atoms with Gasteiger partial charge in [-0.25, -0.2) is 12.1 Å². The molecule has 94 valence electrons. The van der Waals surface area contributed by atoms with Crippen molar-refractivity contribution >= 4 is 11.3 Å². The van der Waals surface area contributed by atoms with E-state index in [9.17, 15) is 0 Å². The van der Waals surface area contributed by atoms with E-state index in [0.29, 0.717) is 0 Å². The molecular formula is C14H13FeNS-6. The van der Waals surface area contributed by atoms with Gasteiger partial charge >= 0.3 is 0 Å². The smallest absolute Gasteiger partial charge is 0.0302 e. The van der Waals surface area contributed by atoms with Crippen molar-refractivity contribution in [3.8, 4) is 11.3 Å². The van der Waals surface area contributed by atoms with Crippen molar-refractivity contribution in [2.45, 2.75) is 6.92 Å². The third kappa shape index (κ3) is 4.31. The van der Waals surface area contributed by atoms with Gasteiger partial charge in [0.05, 0.1) is 0 Å². The Morgan fingerprint density at radius 1 is 1.18 bits per heavy atom. The van der Waals surface area contributed by atoms with E-state index in [0.717, 1.165) is 10.7 Å². The molecule has 0 bridgehead atoms. The van der Waals surface area contributed by atoms with Crippen LogP contribution in [0.5, 0.6) is 0 Å². The fraction of sp³-hybridized carbons (Fsp3) is 0.0714. The molecule has 3 heteroatoms. The van der Waals surface area contributed by atoms with Crippen LogP contribution in [0.4, 0.5) is 0 Å². The maximum Gasteiger partial charge on any atom is 0.0302 e. The van der Waals surface area contributed by atoms with Gasteiger partial charge < -0.3 is 57.2 Å². The summed E-state index contributed by atoms with van der Waals surface area (Å²) in [5.41, 5.74) is 2.31. The minimum atomic E-state index is 0. The Hall–Kier alpha value is -1.15. The summed E-state index contributed by atoms with van der Waals surface area (Å²) >= 11 is 1.69. The third-order valence-electron chi connectivity index (χ3n) is 2.13. The van der Waals surface area contributed by atoms with E-state index in [4.69, 9.17) is 0 Å². The molecule has 3 aromatic rings. The van der Waals surface area contributed by atoms with Gasteiger partial charge in [-0.05, 0) is 6.92 Å². The fourth-order valence-electron chi connectivity index (χ4n) is 1.36. The Labute approximate surface area is 116 Å². The first-order valence-corrected chi connectivity index (χ1v) is 6.05. The van der Waals surface area contributed by atoms with Gasteiger partial charge in [-0.15, -0.1) is 0 Å². The molecule has 0 N–H and O–H groups in total. The van der Waals surface area contributed by atoms with Gasteiger partial charge in [0.25, 0.3) is 0 Å². The quantitative estimate of drug-likeness (QED) is 0.481. The van der Waals surface area contributed by atoms with E-state index in [1.165, 1.54) is 5.56 Å². The van der Waals surface area contributed by atoms with Crippen LogP contribution in [0.15, 0.2) is 60.0 Å². The molecule has 0 fully saturated rings. The first kappa shape index (κ1) is 13.9. The van der Waals surface area contributed by atoms with E-state index in [1.54, 1.807) is 11.3 Å². The van der Waals surface area contributed by atoms with Gasteiger partial charge in [0.1, 0.15) is 0 Å². The zero-order valence-electron chi connectivity index (χ0n) is 9.48. The van der Waals surface area contributed by atoms with Crippen LogP contribution in [-0.4, -0.2) is 4.98 Å². The second-order valence-corrected chi connectivity index (χ2v) is 4.45. The van der Waals surface area contributed by atoms with E-state index < -0.39 is 0 Å². The Morgan fingerprint density at radius 3 is 2.24 bits per heavy atom. The average molecular weight is 283 g/mol. The Morgan fingerprint density at radius 2 is 1.82 bits per heavy atom. The second-order valence-electron chi connectivity index (χ2n) is 3.39. The number of nitrogens with zero attached hydrogens (tertiary/aromatic N) is 1. The summed E-state index contributed by atoms with van der Waals surface area (Å²) in [4.78, 5) is 4.37. The monoisotopic (exact) mass is 283 g/mol. The first-order valence-electron chi connectivity index (χ1n) is 5.17. The summed E-state index contributed by atoms with van der Waals surface area (Å²) in [5.74, 6) is 0. The molecule has 0 unspecified atom stereocenters. The van der Waals surface area contributed by atoms with Gasteiger partial charge in [-0.2, -0.15) is 18.2 Å². The number of aromatic nitrogens is 1. The molecule has 0 aliphatic carbocycles. The van der Waals surface area contributed by atoms with Gasteiger partial charge in [0.15, 0.2) is 0 Å². The van der Waals surface area contributed by atoms with Crippen LogP contribution < -0.4 is 0 Å². The Balaban J connectivity index is 0.000000205. The average Bonchev–Trinajstić information content (AvgIpc) is 3.03. The van der Waals surface area contributed by atoms with Crippen LogP contribution in [0.3, 0.4) is 0 Å². The van der Waals surface area contributed by atoms with Crippen molar-refractivity contribution in [2.24, 2.45) is 0 Å². The molecule has 0 radical (unpaired) electrons. The van der Waals surface area contributed by atoms with Crippen molar-refractivity contribution in [2.75, 3.05) is 0 Å². The van der Waals surface area contributed by atoms with Crippen LogP contribution in [0.2, 0.25) is 0 Å². The molecule has 0 amide bonds. The topological polar surface area (TPSA) is 12.9 Å². The predicted octanol–water partition coefficient (Wildman–Crippen LogP) is 4.24. The molecule has 0 aliphatic rings. The molecular weight excluding hydrogens is 270 g/mol. The number of aryl methyl sites for hydroxylation is 1. The molecule has 1 aromatic heterocycles. The second kappa shape index (κ2) is 7.23. The normalized spacial score (nSPS) is 9.00. The van der Waals surface area contributed by atoms with Crippen LogP contribution in [0, 0.1) is 6.92 Å². The number of thiazole rings is 1. The van der Waals surface area contributed by atoms with Crippen LogP contribution in [0.1, 0.15) is 5.01 Å². The zero-order chi connectivity index (χ0) is 11.2. The van der Waals surface area contributed by atoms with Crippen LogP contribution >= 0.6 is 11.3 Å². The standard InChI is InChI=1S/C9H8NS.C5H5.Fe/c1-7-10-9(6-11-7)8-4-2-3-5-8;1-2-4-5-3-1;/h2-6H,1H3;1-5H;/q-5;-1;. The van der Waals surface area contributed by atoms with Crippen molar-refractivity contribution in [3.05, 3.63) is 65.0 Å². The summed E-state index contributed by atoms with van der Waals surface area (Å²) < 4.78 is 0. The fourth-order valence-corrected chi connectivity index (χ4v) is 1.98. The van der Waals surface area contributed by atoms with E-state index in [2.05, 4.69) is 22.5 Å². The van der Waals surface area contributed by atoms with Crippen molar-refractivity contribution in [1.29, 1.82) is 0 Å². The molecule has 1 heterocycles. The SMILES string of the molecule is Cc1nc(-[c-]2[cH-][cH-][cH-][cH-]2)cs1.[Fe].c1cc[cH-]c1. The molecule has 0 aliphatic heterocycles. The predicted molar refractivity (Wildman–Crippen MR) is 69.9 cm³/mol. The molecule has 17 heavy (non-hydrogen) atoms. The van der Waals surface area contributed by atoms with Crippen LogP contribution in [0.25, 0.3) is 11.3 Å². The summed E-state index contributed by atoms with van der Waals surface area (Å²) in [6, 6.07) is 18.2. The summed E-state index contributed by atoms with van der Waals surface area (Å²) in [7, 11) is 0. The molecule has 0 atom stereocenters. The number of rotatable bonds is 1. The molecule has 0 spiro atoms. The largest absolute Gasteiger partial charge is 0.663 e. The first-order chi connectivity index (χ1) is 7.86. The summed E-state index contributed by atoms with van der Waals surface area (Å²) in [6.45, 7) is 2.02. The third-order valence-corrected chi connectivity index (χ3v) is 2.91. The van der Waals surface area contributed by atoms with Crippen molar-refractivity contribution < 1.29 is 17.1 Å². The summed E-state index contributed by atoms with van der Waals surface area (Å²) in [5, 5.41) is 3.21. The maximum atomic E-state index is 4.37. The molecule has 2 aromatic carbocycles. The minimum absolute atomic E-state index is 0. The van der Waals surface area contributed by atoms with Gasteiger partial charge in [-0.1, -0.05) is 0 Å². The van der Waals surface area contributed by atoms with Gasteiger partial charge in [0, 0.05) is 22.1 Å². The van der Waals surface area contributed by atoms with E-state index >= 15 is 0 Å². The number of hydrogen-bond acceptors (Lipinski definition) is 2. The number of hydrogen-bond donors (Lipinski definition) is 0. The van der Waals surface area contributed by atoms with Crippen LogP contribution in [-0.2, 0) is 17.1 Å². The minimum Gasteiger partial charge on any atom is -0.663 e. The zero-order valence-corrected chi connectivity index (χ0v) is 11.4. The van der Waals surface area contributed by atoms with Gasteiger partial charge in [-0.3, -0.25) is 0 Å². The Bertz CT molecular complexity index is 477. The van der Waals surface area contributed by atoms with Gasteiger partial charge in [0.2, 0.25) is 0 Å². The molecule has 1 nitrogen and oxygen atoms in total. The van der Waals surface area contributed by atoms with E-state index in [1.807, 2.05) is 49.4 Å².